The molecule has 0 saturated carbocycles. The van der Waals surface area contributed by atoms with Crippen molar-refractivity contribution in [3.05, 3.63) is 10.1 Å². The third-order valence-corrected chi connectivity index (χ3v) is 4.66. The quantitative estimate of drug-likeness (QED) is 0.325. The Morgan fingerprint density at radius 1 is 1.33 bits per heavy atom. The van der Waals surface area contributed by atoms with Crippen molar-refractivity contribution < 1.29 is 9.12 Å². The summed E-state index contributed by atoms with van der Waals surface area (Å²) < 4.78 is 5.19. The molecule has 15 heavy (non-hydrogen) atoms. The molecule has 0 aromatic rings. The monoisotopic (exact) mass is 248 g/mol. The van der Waals surface area contributed by atoms with Crippen molar-refractivity contribution in [3.8, 4) is 0 Å². The largest absolute Gasteiger partial charge is 0.456 e. The molecule has 0 aliphatic rings. The van der Waals surface area contributed by atoms with Gasteiger partial charge in [0, 0.05) is 6.04 Å². The van der Waals surface area contributed by atoms with Crippen LogP contribution in [0.3, 0.4) is 0 Å². The van der Waals surface area contributed by atoms with Crippen molar-refractivity contribution in [3.63, 3.8) is 0 Å². The summed E-state index contributed by atoms with van der Waals surface area (Å²) in [6.07, 6.45) is 0. The normalized spacial score (nSPS) is 13.9. The molecule has 0 aliphatic heterocycles. The van der Waals surface area contributed by atoms with Crippen molar-refractivity contribution in [2.24, 2.45) is 5.16 Å². The minimum atomic E-state index is -2.41. The van der Waals surface area contributed by atoms with Gasteiger partial charge in [0.05, 0.1) is 5.71 Å². The van der Waals surface area contributed by atoms with Crippen LogP contribution in [0.1, 0.15) is 6.92 Å². The van der Waals surface area contributed by atoms with E-state index in [4.69, 9.17) is 4.53 Å². The van der Waals surface area contributed by atoms with E-state index in [0.29, 0.717) is 6.04 Å². The standard InChI is InChI=1S/C8H20N2O3Si2/c1-8(9-13-14(2,3)4)7-15(5,6)10(11)12/h7H2,1-6H3/b9-8+. The van der Waals surface area contributed by atoms with Gasteiger partial charge in [-0.25, -0.2) is 0 Å². The van der Waals surface area contributed by atoms with Crippen molar-refractivity contribution in [2.75, 3.05) is 0 Å². The lowest BCUT2D eigenvalue weighted by Crippen LogP contribution is -2.38. The van der Waals surface area contributed by atoms with E-state index in [0.717, 1.165) is 5.71 Å². The molecule has 0 rings (SSSR count). The van der Waals surface area contributed by atoms with Gasteiger partial charge in [0.2, 0.25) is 0 Å². The van der Waals surface area contributed by atoms with Gasteiger partial charge in [-0.1, -0.05) is 4.59 Å². The van der Waals surface area contributed by atoms with Gasteiger partial charge < -0.3 is 4.53 Å². The molecule has 0 fully saturated rings. The second-order valence-corrected chi connectivity index (χ2v) is 14.0. The first-order valence-electron chi connectivity index (χ1n) is 4.91. The summed E-state index contributed by atoms with van der Waals surface area (Å²) >= 11 is 0. The number of hydrogen-bond donors (Lipinski definition) is 0. The zero-order valence-corrected chi connectivity index (χ0v) is 12.3. The Morgan fingerprint density at radius 2 is 1.80 bits per heavy atom. The minimum absolute atomic E-state index is 0.152. The first-order chi connectivity index (χ1) is 6.54. The summed E-state index contributed by atoms with van der Waals surface area (Å²) in [5, 5.41) is 14.7. The van der Waals surface area contributed by atoms with Gasteiger partial charge in [0.1, 0.15) is 0 Å². The maximum atomic E-state index is 10.7. The summed E-state index contributed by atoms with van der Waals surface area (Å²) in [5.74, 6) is 0. The molecule has 0 spiro atoms. The summed E-state index contributed by atoms with van der Waals surface area (Å²) in [7, 11) is -4.08. The fourth-order valence-corrected chi connectivity index (χ4v) is 2.81. The SMILES string of the molecule is C/C(C[Si](C)(C)[N+](=O)[O-])=N\O[Si](C)(C)C. The average Bonchev–Trinajstić information content (AvgIpc) is 1.98. The molecule has 0 N–H and O–H groups in total. The Balaban J connectivity index is 4.37. The zero-order chi connectivity index (χ0) is 12.3. The highest BCUT2D eigenvalue weighted by Crippen LogP contribution is 2.12. The summed E-state index contributed by atoms with van der Waals surface area (Å²) in [5.41, 5.74) is 0.728. The predicted octanol–water partition coefficient (Wildman–Crippen LogP) is 2.70. The van der Waals surface area contributed by atoms with Gasteiger partial charge in [0.15, 0.2) is 0 Å². The third kappa shape index (κ3) is 6.40. The van der Waals surface area contributed by atoms with E-state index >= 15 is 0 Å². The van der Waals surface area contributed by atoms with Crippen LogP contribution in [0, 0.1) is 10.1 Å². The topological polar surface area (TPSA) is 64.7 Å². The van der Waals surface area contributed by atoms with E-state index in [2.05, 4.69) is 5.16 Å². The molecule has 88 valence electrons. The van der Waals surface area contributed by atoms with Crippen molar-refractivity contribution in [2.45, 2.75) is 45.7 Å². The maximum absolute atomic E-state index is 10.7. The Bertz CT molecular complexity index is 272. The number of hydrogen-bond acceptors (Lipinski definition) is 4. The van der Waals surface area contributed by atoms with Crippen LogP contribution in [0.4, 0.5) is 0 Å². The number of nitrogens with zero attached hydrogens (tertiary/aromatic N) is 2. The molecular weight excluding hydrogens is 228 g/mol. The van der Waals surface area contributed by atoms with Crippen LogP contribution in [0.2, 0.25) is 38.8 Å². The minimum Gasteiger partial charge on any atom is -0.456 e. The lowest BCUT2D eigenvalue weighted by molar-refractivity contribution is -0.340. The van der Waals surface area contributed by atoms with Crippen LogP contribution in [0.15, 0.2) is 5.16 Å². The van der Waals surface area contributed by atoms with Crippen LogP contribution in [0.25, 0.3) is 0 Å². The first kappa shape index (κ1) is 14.3. The average molecular weight is 248 g/mol. The van der Waals surface area contributed by atoms with Gasteiger partial charge >= 0.3 is 8.24 Å². The highest BCUT2D eigenvalue weighted by molar-refractivity contribution is 6.73. The summed E-state index contributed by atoms with van der Waals surface area (Å²) in [6, 6.07) is 0.449. The van der Waals surface area contributed by atoms with Gasteiger partial charge in [-0.05, 0) is 39.7 Å². The summed E-state index contributed by atoms with van der Waals surface area (Å²) in [6.45, 7) is 11.3. The van der Waals surface area contributed by atoms with E-state index in [1.807, 2.05) is 19.6 Å². The molecule has 0 aromatic carbocycles. The molecule has 0 atom stereocenters. The van der Waals surface area contributed by atoms with Crippen LogP contribution >= 0.6 is 0 Å². The summed E-state index contributed by atoms with van der Waals surface area (Å²) in [4.78, 5) is 10.7. The molecule has 0 bridgehead atoms. The highest BCUT2D eigenvalue weighted by atomic mass is 28.4. The third-order valence-electron chi connectivity index (χ3n) is 1.66. The van der Waals surface area contributed by atoms with Gasteiger partial charge in [-0.2, -0.15) is 0 Å². The molecule has 0 aliphatic carbocycles. The molecular formula is C8H20N2O3Si2. The van der Waals surface area contributed by atoms with Gasteiger partial charge in [-0.3, -0.25) is 10.1 Å². The fraction of sp³-hybridized carbons (Fsp3) is 0.875. The van der Waals surface area contributed by atoms with Crippen LogP contribution in [-0.2, 0) is 4.53 Å². The number of nitro groups is 1. The van der Waals surface area contributed by atoms with E-state index in [-0.39, 0.29) is 4.59 Å². The van der Waals surface area contributed by atoms with Crippen LogP contribution in [0.5, 0.6) is 0 Å². The molecule has 0 heterocycles. The Labute approximate surface area is 92.9 Å². The Kier molecular flexibility index (Phi) is 4.66. The van der Waals surface area contributed by atoms with E-state index in [1.165, 1.54) is 0 Å². The smallest absolute Gasteiger partial charge is 0.425 e. The molecule has 0 amide bonds. The number of oxime groups is 1. The van der Waals surface area contributed by atoms with Crippen LogP contribution < -0.4 is 0 Å². The van der Waals surface area contributed by atoms with E-state index < -0.39 is 16.6 Å². The molecule has 0 aromatic heterocycles. The van der Waals surface area contributed by atoms with Crippen molar-refractivity contribution in [1.29, 1.82) is 0 Å². The molecule has 0 radical (unpaired) electrons. The lowest BCUT2D eigenvalue weighted by atomic mass is 10.5. The van der Waals surface area contributed by atoms with Crippen LogP contribution in [-0.4, -0.2) is 26.9 Å². The van der Waals surface area contributed by atoms with E-state index in [9.17, 15) is 10.1 Å². The Hall–Kier alpha value is -0.696. The molecule has 5 nitrogen and oxygen atoms in total. The lowest BCUT2D eigenvalue weighted by Gasteiger charge is -2.15. The second-order valence-electron chi connectivity index (χ2n) is 5.28. The number of rotatable bonds is 5. The van der Waals surface area contributed by atoms with E-state index in [1.54, 1.807) is 20.0 Å². The first-order valence-corrected chi connectivity index (χ1v) is 11.5. The Morgan fingerprint density at radius 3 is 2.13 bits per heavy atom. The predicted molar refractivity (Wildman–Crippen MR) is 66.8 cm³/mol. The highest BCUT2D eigenvalue weighted by Gasteiger charge is 2.38. The zero-order valence-electron chi connectivity index (χ0n) is 10.3. The molecule has 0 unspecified atom stereocenters. The van der Waals surface area contributed by atoms with Crippen molar-refractivity contribution >= 4 is 22.3 Å². The van der Waals surface area contributed by atoms with Gasteiger partial charge in [0.25, 0.3) is 8.32 Å². The molecule has 7 heteroatoms. The maximum Gasteiger partial charge on any atom is 0.425 e. The molecule has 0 saturated heterocycles. The van der Waals surface area contributed by atoms with Crippen molar-refractivity contribution in [1.82, 2.24) is 0 Å². The van der Waals surface area contributed by atoms with Gasteiger partial charge in [-0.15, -0.1) is 5.16 Å². The fourth-order valence-electron chi connectivity index (χ4n) is 0.938. The second kappa shape index (κ2) is 4.89.